The van der Waals surface area contributed by atoms with Gasteiger partial charge < -0.3 is 15.1 Å². The van der Waals surface area contributed by atoms with E-state index >= 15 is 0 Å². The highest BCUT2D eigenvalue weighted by Crippen LogP contribution is 2.26. The number of aromatic nitrogens is 2. The Labute approximate surface area is 181 Å². The van der Waals surface area contributed by atoms with Crippen molar-refractivity contribution in [1.82, 2.24) is 14.5 Å². The van der Waals surface area contributed by atoms with Crippen molar-refractivity contribution in [2.75, 3.05) is 49.7 Å². The normalized spacial score (nSPS) is 14.7. The molecule has 7 heteroatoms. The molecule has 1 aliphatic rings. The third kappa shape index (κ3) is 4.22. The van der Waals surface area contributed by atoms with Gasteiger partial charge >= 0.3 is 0 Å². The van der Waals surface area contributed by atoms with E-state index < -0.39 is 0 Å². The number of para-hydroxylation sites is 1. The van der Waals surface area contributed by atoms with Crippen molar-refractivity contribution in [2.24, 2.45) is 0 Å². The van der Waals surface area contributed by atoms with Gasteiger partial charge in [-0.25, -0.2) is 4.98 Å². The third-order valence-corrected chi connectivity index (χ3v) is 6.14. The number of hydrogen-bond acceptors (Lipinski definition) is 5. The Morgan fingerprint density at radius 2 is 1.77 bits per heavy atom. The fraction of sp³-hybridized carbons (Fsp3) is 0.304. The lowest BCUT2D eigenvalue weighted by molar-refractivity contribution is 0.102. The summed E-state index contributed by atoms with van der Waals surface area (Å²) >= 11 is 1.52. The van der Waals surface area contributed by atoms with Gasteiger partial charge in [0.1, 0.15) is 5.69 Å². The average molecular weight is 422 g/mol. The first kappa shape index (κ1) is 20.5. The molecule has 4 rings (SSSR count). The Bertz CT molecular complexity index is 1030. The van der Waals surface area contributed by atoms with Crippen LogP contribution >= 0.6 is 11.8 Å². The molecule has 0 spiro atoms. The number of imidazole rings is 1. The summed E-state index contributed by atoms with van der Waals surface area (Å²) in [5.74, 6) is -0.165. The fourth-order valence-electron chi connectivity index (χ4n) is 3.70. The molecule has 1 saturated heterocycles. The Hall–Kier alpha value is -2.77. The summed E-state index contributed by atoms with van der Waals surface area (Å²) in [6.45, 7) is 6.22. The van der Waals surface area contributed by atoms with Crippen LogP contribution in [0.15, 0.2) is 59.9 Å². The molecule has 2 aromatic carbocycles. The van der Waals surface area contributed by atoms with Crippen LogP contribution in [0.5, 0.6) is 0 Å². The number of hydrogen-bond donors (Lipinski definition) is 1. The minimum atomic E-state index is -0.165. The van der Waals surface area contributed by atoms with Crippen LogP contribution in [-0.4, -0.2) is 59.8 Å². The van der Waals surface area contributed by atoms with E-state index in [0.29, 0.717) is 5.69 Å². The number of amides is 1. The highest BCUT2D eigenvalue weighted by atomic mass is 32.2. The number of likely N-dealkylation sites (N-methyl/N-ethyl adjacent to an activating group) is 1. The van der Waals surface area contributed by atoms with E-state index in [0.717, 1.165) is 48.3 Å². The molecule has 156 valence electrons. The average Bonchev–Trinajstić information content (AvgIpc) is 3.20. The van der Waals surface area contributed by atoms with Gasteiger partial charge in [0.2, 0.25) is 0 Å². The first-order chi connectivity index (χ1) is 14.6. The molecule has 1 fully saturated rings. The molecular weight excluding hydrogens is 394 g/mol. The summed E-state index contributed by atoms with van der Waals surface area (Å²) in [7, 11) is 2.16. The van der Waals surface area contributed by atoms with Gasteiger partial charge in [-0.05, 0) is 56.1 Å². The Kier molecular flexibility index (Phi) is 6.11. The van der Waals surface area contributed by atoms with Crippen molar-refractivity contribution < 1.29 is 4.79 Å². The summed E-state index contributed by atoms with van der Waals surface area (Å²) in [4.78, 5) is 22.3. The molecule has 1 aliphatic heterocycles. The largest absolute Gasteiger partial charge is 0.369 e. The number of thioether (sulfide) groups is 1. The molecule has 0 aliphatic carbocycles. The first-order valence-electron chi connectivity index (χ1n) is 10.1. The summed E-state index contributed by atoms with van der Waals surface area (Å²) < 4.78 is 1.90. The van der Waals surface area contributed by atoms with Crippen molar-refractivity contribution in [3.8, 4) is 5.69 Å². The molecule has 30 heavy (non-hydrogen) atoms. The molecular formula is C23H27N5OS. The van der Waals surface area contributed by atoms with Gasteiger partial charge in [0.05, 0.1) is 6.20 Å². The zero-order valence-corrected chi connectivity index (χ0v) is 18.4. The predicted molar refractivity (Wildman–Crippen MR) is 124 cm³/mol. The molecule has 3 aromatic rings. The van der Waals surface area contributed by atoms with Crippen molar-refractivity contribution in [2.45, 2.75) is 12.1 Å². The lowest BCUT2D eigenvalue weighted by Crippen LogP contribution is -2.44. The van der Waals surface area contributed by atoms with E-state index in [2.05, 4.69) is 39.3 Å². The van der Waals surface area contributed by atoms with Crippen molar-refractivity contribution in [3.05, 3.63) is 66.0 Å². The summed E-state index contributed by atoms with van der Waals surface area (Å²) in [5.41, 5.74) is 4.53. The van der Waals surface area contributed by atoms with E-state index in [4.69, 9.17) is 0 Å². The number of anilines is 2. The van der Waals surface area contributed by atoms with E-state index in [1.165, 1.54) is 17.4 Å². The van der Waals surface area contributed by atoms with E-state index in [-0.39, 0.29) is 5.91 Å². The Balaban J connectivity index is 1.56. The smallest absolute Gasteiger partial charge is 0.274 e. The number of aryl methyl sites for hydroxylation is 1. The number of piperazine rings is 1. The Morgan fingerprint density at radius 3 is 2.43 bits per heavy atom. The molecule has 0 unspecified atom stereocenters. The molecule has 0 saturated carbocycles. The number of carbonyl (C=O) groups is 1. The minimum absolute atomic E-state index is 0.165. The number of benzene rings is 2. The van der Waals surface area contributed by atoms with Gasteiger partial charge in [0.15, 0.2) is 5.16 Å². The molecule has 0 atom stereocenters. The van der Waals surface area contributed by atoms with Gasteiger partial charge in [-0.1, -0.05) is 30.0 Å². The SMILES string of the molecule is CSc1ncc(C(=O)Nc2ccc(N3CCN(C)CC3)cc2C)n1-c1ccccc1. The maximum atomic E-state index is 13.1. The van der Waals surface area contributed by atoms with E-state index in [9.17, 15) is 4.79 Å². The summed E-state index contributed by atoms with van der Waals surface area (Å²) in [6.07, 6.45) is 3.60. The fourth-order valence-corrected chi connectivity index (χ4v) is 4.25. The van der Waals surface area contributed by atoms with Crippen LogP contribution in [0.3, 0.4) is 0 Å². The van der Waals surface area contributed by atoms with Crippen LogP contribution < -0.4 is 10.2 Å². The molecule has 2 heterocycles. The monoisotopic (exact) mass is 421 g/mol. The first-order valence-corrected chi connectivity index (χ1v) is 11.3. The van der Waals surface area contributed by atoms with E-state index in [1.54, 1.807) is 6.20 Å². The van der Waals surface area contributed by atoms with Crippen LogP contribution in [0, 0.1) is 6.92 Å². The van der Waals surface area contributed by atoms with E-state index in [1.807, 2.05) is 54.1 Å². The molecule has 0 bridgehead atoms. The van der Waals surface area contributed by atoms with Crippen LogP contribution in [0.4, 0.5) is 11.4 Å². The van der Waals surface area contributed by atoms with Crippen LogP contribution in [0.1, 0.15) is 16.1 Å². The molecule has 6 nitrogen and oxygen atoms in total. The Morgan fingerprint density at radius 1 is 1.03 bits per heavy atom. The highest BCUT2D eigenvalue weighted by molar-refractivity contribution is 7.98. The summed E-state index contributed by atoms with van der Waals surface area (Å²) in [6, 6.07) is 16.1. The van der Waals surface area contributed by atoms with Crippen LogP contribution in [0.25, 0.3) is 5.69 Å². The van der Waals surface area contributed by atoms with Gasteiger partial charge in [-0.2, -0.15) is 0 Å². The second-order valence-electron chi connectivity index (χ2n) is 7.54. The van der Waals surface area contributed by atoms with Gasteiger partial charge in [-0.3, -0.25) is 9.36 Å². The van der Waals surface area contributed by atoms with Crippen LogP contribution in [0.2, 0.25) is 0 Å². The van der Waals surface area contributed by atoms with Crippen molar-refractivity contribution in [1.29, 1.82) is 0 Å². The molecule has 1 aromatic heterocycles. The second-order valence-corrected chi connectivity index (χ2v) is 8.32. The summed E-state index contributed by atoms with van der Waals surface area (Å²) in [5, 5.41) is 3.86. The number of rotatable bonds is 5. The number of nitrogens with one attached hydrogen (secondary N) is 1. The van der Waals surface area contributed by atoms with Gasteiger partial charge in [-0.15, -0.1) is 0 Å². The minimum Gasteiger partial charge on any atom is -0.369 e. The predicted octanol–water partition coefficient (Wildman–Crippen LogP) is 3.91. The third-order valence-electron chi connectivity index (χ3n) is 5.49. The van der Waals surface area contributed by atoms with Crippen molar-refractivity contribution in [3.63, 3.8) is 0 Å². The number of carbonyl (C=O) groups excluding carboxylic acids is 1. The zero-order chi connectivity index (χ0) is 21.1. The van der Waals surface area contributed by atoms with Gasteiger partial charge in [0.25, 0.3) is 5.91 Å². The van der Waals surface area contributed by atoms with Crippen molar-refractivity contribution >= 4 is 29.0 Å². The van der Waals surface area contributed by atoms with Crippen LogP contribution in [-0.2, 0) is 0 Å². The lowest BCUT2D eigenvalue weighted by Gasteiger charge is -2.34. The lowest BCUT2D eigenvalue weighted by atomic mass is 10.1. The standard InChI is InChI=1S/C23H27N5OS/c1-17-15-19(27-13-11-26(2)12-14-27)9-10-20(17)25-22(29)21-16-24-23(30-3)28(21)18-7-5-4-6-8-18/h4-10,15-16H,11-14H2,1-3H3,(H,25,29). The molecule has 0 radical (unpaired) electrons. The zero-order valence-electron chi connectivity index (χ0n) is 17.6. The quantitative estimate of drug-likeness (QED) is 0.633. The molecule has 1 N–H and O–H groups in total. The van der Waals surface area contributed by atoms with Gasteiger partial charge in [0, 0.05) is 43.2 Å². The topological polar surface area (TPSA) is 53.4 Å². The maximum Gasteiger partial charge on any atom is 0.274 e. The maximum absolute atomic E-state index is 13.1. The second kappa shape index (κ2) is 8.93. The molecule has 1 amide bonds. The highest BCUT2D eigenvalue weighted by Gasteiger charge is 2.19. The number of nitrogens with zero attached hydrogens (tertiary/aromatic N) is 4.